The Morgan fingerprint density at radius 3 is 3.05 bits per heavy atom. The van der Waals surface area contributed by atoms with Crippen LogP contribution in [0.15, 0.2) is 6.20 Å². The summed E-state index contributed by atoms with van der Waals surface area (Å²) in [4.78, 5) is 12.3. The Hall–Kier alpha value is -1.11. The first-order chi connectivity index (χ1) is 9.69. The molecule has 6 nitrogen and oxygen atoms in total. The van der Waals surface area contributed by atoms with Crippen LogP contribution in [0.25, 0.3) is 0 Å². The number of fused-ring (bicyclic) bond motifs is 1. The molecule has 0 spiro atoms. The van der Waals surface area contributed by atoms with Gasteiger partial charge in [-0.15, -0.1) is 12.4 Å². The summed E-state index contributed by atoms with van der Waals surface area (Å²) in [6.45, 7) is 0.486. The molecule has 0 saturated carbocycles. The minimum atomic E-state index is -0.342. The third kappa shape index (κ3) is 3.22. The number of aromatic nitrogens is 2. The predicted octanol–water partition coefficient (Wildman–Crippen LogP) is 0.842. The maximum absolute atomic E-state index is 12.3. The molecule has 0 aromatic carbocycles. The Morgan fingerprint density at radius 1 is 1.52 bits per heavy atom. The average molecular weight is 315 g/mol. The summed E-state index contributed by atoms with van der Waals surface area (Å²) in [6.07, 6.45) is 6.28. The van der Waals surface area contributed by atoms with Gasteiger partial charge in [0.1, 0.15) is 6.10 Å². The molecular formula is C14H23ClN4O2. The van der Waals surface area contributed by atoms with Crippen LogP contribution in [0.5, 0.6) is 0 Å². The van der Waals surface area contributed by atoms with Crippen LogP contribution >= 0.6 is 12.4 Å². The minimum absolute atomic E-state index is 0. The number of hydrogen-bond acceptors (Lipinski definition) is 4. The first kappa shape index (κ1) is 16.3. The Kier molecular flexibility index (Phi) is 5.24. The highest BCUT2D eigenvalue weighted by Gasteiger charge is 2.32. The normalized spacial score (nSPS) is 27.8. The van der Waals surface area contributed by atoms with E-state index >= 15 is 0 Å². The molecule has 1 saturated heterocycles. The standard InChI is InChI=1S/C14H22N4O2.ClH/c1-18-12-4-2-3-11(10(12)8-16-18)17-14(19)13-6-5-9(7-15)20-13;/h8-9,11,13H,2-7,15H2,1H3,(H,17,19);1H/t9-,11?,13+;/m1./s1. The Bertz CT molecular complexity index is 505. The molecule has 1 aliphatic heterocycles. The lowest BCUT2D eigenvalue weighted by atomic mass is 9.93. The van der Waals surface area contributed by atoms with Gasteiger partial charge in [0.25, 0.3) is 0 Å². The second kappa shape index (κ2) is 6.77. The number of ether oxygens (including phenoxy) is 1. The molecule has 1 aromatic heterocycles. The predicted molar refractivity (Wildman–Crippen MR) is 81.2 cm³/mol. The Balaban J connectivity index is 0.00000161. The largest absolute Gasteiger partial charge is 0.364 e. The van der Waals surface area contributed by atoms with Crippen LogP contribution < -0.4 is 11.1 Å². The number of halogens is 1. The summed E-state index contributed by atoms with van der Waals surface area (Å²) in [7, 11) is 1.95. The number of nitrogens with one attached hydrogen (secondary N) is 1. The summed E-state index contributed by atoms with van der Waals surface area (Å²) in [6, 6.07) is 0.0699. The third-order valence-electron chi connectivity index (χ3n) is 4.36. The minimum Gasteiger partial charge on any atom is -0.364 e. The van der Waals surface area contributed by atoms with Crippen molar-refractivity contribution in [3.05, 3.63) is 17.5 Å². The fourth-order valence-corrected chi connectivity index (χ4v) is 3.19. The summed E-state index contributed by atoms with van der Waals surface area (Å²) < 4.78 is 7.56. The second-order valence-corrected chi connectivity index (χ2v) is 5.68. The van der Waals surface area contributed by atoms with Gasteiger partial charge in [0.15, 0.2) is 0 Å². The molecule has 3 N–H and O–H groups in total. The average Bonchev–Trinajstić information content (AvgIpc) is 3.07. The van der Waals surface area contributed by atoms with Crippen molar-refractivity contribution in [3.8, 4) is 0 Å². The zero-order valence-corrected chi connectivity index (χ0v) is 13.1. The molecule has 1 aliphatic carbocycles. The van der Waals surface area contributed by atoms with Crippen LogP contribution in [0.1, 0.15) is 43.0 Å². The fraction of sp³-hybridized carbons (Fsp3) is 0.714. The number of nitrogens with two attached hydrogens (primary N) is 1. The van der Waals surface area contributed by atoms with Crippen molar-refractivity contribution in [3.63, 3.8) is 0 Å². The molecule has 1 unspecified atom stereocenters. The van der Waals surface area contributed by atoms with E-state index in [9.17, 15) is 4.79 Å². The highest BCUT2D eigenvalue weighted by atomic mass is 35.5. The van der Waals surface area contributed by atoms with Gasteiger partial charge in [-0.2, -0.15) is 5.10 Å². The number of amides is 1. The lowest BCUT2D eigenvalue weighted by molar-refractivity contribution is -0.132. The van der Waals surface area contributed by atoms with Gasteiger partial charge in [-0.05, 0) is 32.1 Å². The smallest absolute Gasteiger partial charge is 0.249 e. The number of aryl methyl sites for hydroxylation is 1. The summed E-state index contributed by atoms with van der Waals surface area (Å²) in [5.74, 6) is -0.0114. The molecule has 1 aromatic rings. The molecule has 0 radical (unpaired) electrons. The fourth-order valence-electron chi connectivity index (χ4n) is 3.19. The van der Waals surface area contributed by atoms with Gasteiger partial charge < -0.3 is 15.8 Å². The molecule has 1 amide bonds. The maximum Gasteiger partial charge on any atom is 0.249 e. The van der Waals surface area contributed by atoms with Crippen LogP contribution in [0, 0.1) is 0 Å². The molecule has 2 aliphatic rings. The van der Waals surface area contributed by atoms with E-state index in [0.717, 1.165) is 37.7 Å². The van der Waals surface area contributed by atoms with Crippen molar-refractivity contribution in [1.82, 2.24) is 15.1 Å². The van der Waals surface area contributed by atoms with E-state index < -0.39 is 0 Å². The lowest BCUT2D eigenvalue weighted by Crippen LogP contribution is -2.38. The van der Waals surface area contributed by atoms with E-state index in [-0.39, 0.29) is 36.6 Å². The van der Waals surface area contributed by atoms with Gasteiger partial charge in [0.2, 0.25) is 5.91 Å². The van der Waals surface area contributed by atoms with Gasteiger partial charge in [0, 0.05) is 24.8 Å². The number of carbonyl (C=O) groups excluding carboxylic acids is 1. The van der Waals surface area contributed by atoms with Crippen molar-refractivity contribution < 1.29 is 9.53 Å². The number of nitrogens with zero attached hydrogens (tertiary/aromatic N) is 2. The molecule has 3 atom stereocenters. The van der Waals surface area contributed by atoms with E-state index in [0.29, 0.717) is 6.54 Å². The van der Waals surface area contributed by atoms with Crippen LogP contribution in [0.2, 0.25) is 0 Å². The van der Waals surface area contributed by atoms with Crippen molar-refractivity contribution in [1.29, 1.82) is 0 Å². The Labute approximate surface area is 130 Å². The third-order valence-corrected chi connectivity index (χ3v) is 4.36. The molecule has 2 heterocycles. The first-order valence-electron chi connectivity index (χ1n) is 7.35. The van der Waals surface area contributed by atoms with E-state index in [4.69, 9.17) is 10.5 Å². The molecular weight excluding hydrogens is 292 g/mol. The van der Waals surface area contributed by atoms with Gasteiger partial charge in [-0.25, -0.2) is 0 Å². The monoisotopic (exact) mass is 314 g/mol. The molecule has 1 fully saturated rings. The SMILES string of the molecule is Cl.Cn1ncc2c1CCCC2NC(=O)[C@@H]1CC[C@H](CN)O1. The highest BCUT2D eigenvalue weighted by molar-refractivity contribution is 5.85. The number of carbonyl (C=O) groups is 1. The second-order valence-electron chi connectivity index (χ2n) is 5.68. The van der Waals surface area contributed by atoms with Crippen molar-refractivity contribution in [2.75, 3.05) is 6.54 Å². The van der Waals surface area contributed by atoms with E-state index in [1.807, 2.05) is 17.9 Å². The number of rotatable bonds is 3. The van der Waals surface area contributed by atoms with Crippen LogP contribution in [0.3, 0.4) is 0 Å². The molecule has 21 heavy (non-hydrogen) atoms. The van der Waals surface area contributed by atoms with Crippen LogP contribution in [-0.4, -0.2) is 34.4 Å². The Morgan fingerprint density at radius 2 is 2.33 bits per heavy atom. The van der Waals surface area contributed by atoms with E-state index in [1.54, 1.807) is 0 Å². The lowest BCUT2D eigenvalue weighted by Gasteiger charge is -2.25. The van der Waals surface area contributed by atoms with Gasteiger partial charge in [-0.3, -0.25) is 9.48 Å². The molecule has 0 bridgehead atoms. The van der Waals surface area contributed by atoms with Crippen LogP contribution in [-0.2, 0) is 23.0 Å². The van der Waals surface area contributed by atoms with Gasteiger partial charge >= 0.3 is 0 Å². The highest BCUT2D eigenvalue weighted by Crippen LogP contribution is 2.30. The molecule has 3 rings (SSSR count). The van der Waals surface area contributed by atoms with Gasteiger partial charge in [0.05, 0.1) is 18.3 Å². The summed E-state index contributed by atoms with van der Waals surface area (Å²) >= 11 is 0. The first-order valence-corrected chi connectivity index (χ1v) is 7.35. The van der Waals surface area contributed by atoms with Crippen molar-refractivity contribution in [2.24, 2.45) is 12.8 Å². The number of hydrogen-bond donors (Lipinski definition) is 2. The van der Waals surface area contributed by atoms with Crippen molar-refractivity contribution >= 4 is 18.3 Å². The van der Waals surface area contributed by atoms with Crippen molar-refractivity contribution in [2.45, 2.75) is 50.4 Å². The maximum atomic E-state index is 12.3. The zero-order valence-electron chi connectivity index (χ0n) is 12.2. The van der Waals surface area contributed by atoms with E-state index in [1.165, 1.54) is 5.69 Å². The topological polar surface area (TPSA) is 82.2 Å². The molecule has 118 valence electrons. The molecule has 7 heteroatoms. The van der Waals surface area contributed by atoms with Gasteiger partial charge in [-0.1, -0.05) is 0 Å². The van der Waals surface area contributed by atoms with Crippen LogP contribution in [0.4, 0.5) is 0 Å². The summed E-state index contributed by atoms with van der Waals surface area (Å²) in [5, 5.41) is 7.41. The zero-order chi connectivity index (χ0) is 14.1. The van der Waals surface area contributed by atoms with E-state index in [2.05, 4.69) is 10.4 Å². The summed E-state index contributed by atoms with van der Waals surface area (Å²) in [5.41, 5.74) is 7.96. The quantitative estimate of drug-likeness (QED) is 0.866.